The fourth-order valence-electron chi connectivity index (χ4n) is 8.49. The van der Waals surface area contributed by atoms with Crippen molar-refractivity contribution in [3.63, 3.8) is 0 Å². The molecule has 2 aromatic rings. The molecule has 0 radical (unpaired) electrons. The summed E-state index contributed by atoms with van der Waals surface area (Å²) in [5, 5.41) is 13.0. The Morgan fingerprint density at radius 2 is 0.967 bits per heavy atom. The van der Waals surface area contributed by atoms with Crippen molar-refractivity contribution < 1.29 is 4.79 Å². The minimum atomic E-state index is 0.0492. The minimum Gasteiger partial charge on any atom is -0.337 e. The smallest absolute Gasteiger partial charge is 0.222 e. The molecule has 0 aromatic carbocycles. The van der Waals surface area contributed by atoms with Crippen LogP contribution < -0.4 is 5.32 Å². The fourth-order valence-corrected chi connectivity index (χ4v) is 10.4. The molecule has 60 heavy (non-hydrogen) atoms. The molecule has 346 valence electrons. The van der Waals surface area contributed by atoms with Gasteiger partial charge in [-0.3, -0.25) is 4.79 Å². The van der Waals surface area contributed by atoms with E-state index in [1.807, 2.05) is 22.9 Å². The van der Waals surface area contributed by atoms with Gasteiger partial charge in [0, 0.05) is 24.3 Å². The van der Waals surface area contributed by atoms with E-state index in [0.717, 1.165) is 16.5 Å². The number of amides is 1. The molecule has 1 N–H and O–H groups in total. The van der Waals surface area contributed by atoms with Crippen molar-refractivity contribution in [2.24, 2.45) is 0 Å². The highest BCUT2D eigenvalue weighted by molar-refractivity contribution is 8.76. The molecule has 0 bridgehead atoms. The van der Waals surface area contributed by atoms with Gasteiger partial charge >= 0.3 is 0 Å². The third-order valence-electron chi connectivity index (χ3n) is 12.4. The number of aromatic nitrogens is 4. The summed E-state index contributed by atoms with van der Waals surface area (Å²) in [5.74, 6) is 1.27. The zero-order valence-corrected chi connectivity index (χ0v) is 41.1. The SMILES string of the molecule is CCCCCCCCCCCCCCCCCCCCCCCCCCCCCC(CCCCCCCCCCC)c1cn(CNC(=O)CCSSc2ccccn2)nn1. The third kappa shape index (κ3) is 34.0. The van der Waals surface area contributed by atoms with Crippen LogP contribution >= 0.6 is 21.6 Å². The van der Waals surface area contributed by atoms with Crippen molar-refractivity contribution in [3.8, 4) is 0 Å². The highest BCUT2D eigenvalue weighted by Gasteiger charge is 2.16. The Bertz CT molecular complexity index is 1180. The molecule has 0 saturated heterocycles. The van der Waals surface area contributed by atoms with Crippen LogP contribution in [0.5, 0.6) is 0 Å². The van der Waals surface area contributed by atoms with E-state index in [1.165, 1.54) is 244 Å². The average molecular weight is 870 g/mol. The lowest BCUT2D eigenvalue weighted by Crippen LogP contribution is -2.26. The predicted molar refractivity (Wildman–Crippen MR) is 265 cm³/mol. The van der Waals surface area contributed by atoms with Gasteiger partial charge in [-0.2, -0.15) is 0 Å². The van der Waals surface area contributed by atoms with Gasteiger partial charge in [-0.1, -0.05) is 267 Å². The molecule has 0 aliphatic heterocycles. The molecule has 1 atom stereocenters. The highest BCUT2D eigenvalue weighted by Crippen LogP contribution is 2.30. The molecule has 0 aliphatic carbocycles. The first-order valence-corrected chi connectivity index (χ1v) is 28.4. The van der Waals surface area contributed by atoms with Crippen LogP contribution in [0.1, 0.15) is 276 Å². The molecule has 2 aromatic heterocycles. The topological polar surface area (TPSA) is 72.7 Å². The zero-order chi connectivity index (χ0) is 42.7. The van der Waals surface area contributed by atoms with Crippen molar-refractivity contribution in [1.29, 1.82) is 0 Å². The Hall–Kier alpha value is -1.54. The van der Waals surface area contributed by atoms with Crippen LogP contribution in [-0.4, -0.2) is 31.6 Å². The summed E-state index contributed by atoms with van der Waals surface area (Å²) in [4.78, 5) is 16.8. The second-order valence-corrected chi connectivity index (χ2v) is 20.5. The van der Waals surface area contributed by atoms with Gasteiger partial charge in [0.25, 0.3) is 0 Å². The van der Waals surface area contributed by atoms with Crippen LogP contribution in [0, 0.1) is 0 Å². The Kier molecular flexibility index (Phi) is 38.9. The first-order valence-electron chi connectivity index (χ1n) is 26.1. The molecule has 0 saturated carbocycles. The molecule has 1 unspecified atom stereocenters. The standard InChI is InChI=1S/C52H95N5OS2/c1-3-5-7-9-11-13-14-15-16-17-18-19-20-21-22-23-24-25-26-27-28-29-30-32-34-36-38-42-49(41-37-35-33-31-12-10-8-6-4-2)50-47-57(56-55-50)48-54-51(58)44-46-59-60-52-43-39-40-45-53-52/h39-40,43,45,47,49H,3-38,41-42,44,46,48H2,1-2H3,(H,54,58). The van der Waals surface area contributed by atoms with Crippen molar-refractivity contribution in [2.45, 2.75) is 282 Å². The first kappa shape index (κ1) is 54.6. The van der Waals surface area contributed by atoms with Gasteiger partial charge in [0.05, 0.1) is 11.9 Å². The molecule has 0 fully saturated rings. The molecule has 1 amide bonds. The van der Waals surface area contributed by atoms with Gasteiger partial charge in [0.15, 0.2) is 0 Å². The van der Waals surface area contributed by atoms with E-state index in [-0.39, 0.29) is 5.91 Å². The lowest BCUT2D eigenvalue weighted by molar-refractivity contribution is -0.121. The lowest BCUT2D eigenvalue weighted by atomic mass is 9.91. The first-order chi connectivity index (χ1) is 29.7. The van der Waals surface area contributed by atoms with Crippen LogP contribution in [0.25, 0.3) is 0 Å². The van der Waals surface area contributed by atoms with Crippen molar-refractivity contribution >= 4 is 27.5 Å². The summed E-state index contributed by atoms with van der Waals surface area (Å²) in [6.45, 7) is 4.98. The van der Waals surface area contributed by atoms with Gasteiger partial charge in [-0.15, -0.1) is 5.10 Å². The Morgan fingerprint density at radius 1 is 0.567 bits per heavy atom. The number of pyridine rings is 1. The molecule has 8 heteroatoms. The fraction of sp³-hybridized carbons (Fsp3) is 0.846. The van der Waals surface area contributed by atoms with E-state index < -0.39 is 0 Å². The summed E-state index contributed by atoms with van der Waals surface area (Å²) >= 11 is 0. The summed E-state index contributed by atoms with van der Waals surface area (Å²) in [6.07, 6.45) is 57.8. The quantitative estimate of drug-likeness (QED) is 0.0528. The number of carbonyl (C=O) groups excluding carboxylic acids is 1. The molecule has 6 nitrogen and oxygen atoms in total. The van der Waals surface area contributed by atoms with Crippen LogP contribution in [0.2, 0.25) is 0 Å². The normalized spacial score (nSPS) is 12.0. The van der Waals surface area contributed by atoms with Gasteiger partial charge < -0.3 is 5.32 Å². The van der Waals surface area contributed by atoms with Crippen molar-refractivity contribution in [3.05, 3.63) is 36.3 Å². The van der Waals surface area contributed by atoms with E-state index in [2.05, 4.69) is 40.7 Å². The number of unbranched alkanes of at least 4 members (excludes halogenated alkanes) is 34. The average Bonchev–Trinajstić information content (AvgIpc) is 3.75. The largest absolute Gasteiger partial charge is 0.337 e. The maximum absolute atomic E-state index is 12.5. The van der Waals surface area contributed by atoms with E-state index in [0.29, 0.717) is 19.0 Å². The Labute approximate surface area is 379 Å². The molecular formula is C52H95N5OS2. The molecule has 2 rings (SSSR count). The van der Waals surface area contributed by atoms with Gasteiger partial charge in [0.2, 0.25) is 5.91 Å². The summed E-state index contributed by atoms with van der Waals surface area (Å²) < 4.78 is 1.81. The molecular weight excluding hydrogens is 775 g/mol. The minimum absolute atomic E-state index is 0.0492. The zero-order valence-electron chi connectivity index (χ0n) is 39.5. The van der Waals surface area contributed by atoms with E-state index in [1.54, 1.807) is 27.8 Å². The third-order valence-corrected chi connectivity index (χ3v) is 14.7. The molecule has 0 aliphatic rings. The van der Waals surface area contributed by atoms with Gasteiger partial charge in [-0.05, 0) is 35.8 Å². The second kappa shape index (κ2) is 42.7. The van der Waals surface area contributed by atoms with E-state index in [9.17, 15) is 4.79 Å². The van der Waals surface area contributed by atoms with Crippen LogP contribution in [-0.2, 0) is 11.5 Å². The van der Waals surface area contributed by atoms with Gasteiger partial charge in [0.1, 0.15) is 11.7 Å². The number of nitrogens with one attached hydrogen (secondary N) is 1. The van der Waals surface area contributed by atoms with Crippen LogP contribution in [0.3, 0.4) is 0 Å². The Morgan fingerprint density at radius 3 is 1.35 bits per heavy atom. The number of rotatable bonds is 46. The van der Waals surface area contributed by atoms with Crippen LogP contribution in [0.4, 0.5) is 0 Å². The summed E-state index contributed by atoms with van der Waals surface area (Å²) in [7, 11) is 3.28. The maximum Gasteiger partial charge on any atom is 0.222 e. The van der Waals surface area contributed by atoms with E-state index >= 15 is 0 Å². The molecule has 2 heterocycles. The number of carbonyl (C=O) groups is 1. The lowest BCUT2D eigenvalue weighted by Gasteiger charge is -2.14. The summed E-state index contributed by atoms with van der Waals surface area (Å²) in [6, 6.07) is 5.90. The summed E-state index contributed by atoms with van der Waals surface area (Å²) in [5.41, 5.74) is 1.11. The number of nitrogens with zero attached hydrogens (tertiary/aromatic N) is 4. The van der Waals surface area contributed by atoms with Crippen molar-refractivity contribution in [2.75, 3.05) is 5.75 Å². The highest BCUT2D eigenvalue weighted by atomic mass is 33.1. The van der Waals surface area contributed by atoms with Gasteiger partial charge in [-0.25, -0.2) is 9.67 Å². The van der Waals surface area contributed by atoms with Crippen molar-refractivity contribution in [1.82, 2.24) is 25.3 Å². The number of hydrogen-bond acceptors (Lipinski definition) is 6. The monoisotopic (exact) mass is 870 g/mol. The number of hydrogen-bond donors (Lipinski definition) is 1. The Balaban J connectivity index is 1.47. The second-order valence-electron chi connectivity index (χ2n) is 18.1. The maximum atomic E-state index is 12.5. The van der Waals surface area contributed by atoms with E-state index in [4.69, 9.17) is 0 Å². The molecule has 0 spiro atoms. The predicted octanol–water partition coefficient (Wildman–Crippen LogP) is 17.5. The van der Waals surface area contributed by atoms with Crippen LogP contribution in [0.15, 0.2) is 35.6 Å².